The Kier molecular flexibility index (Phi) is 5.22. The molecule has 0 saturated heterocycles. The Morgan fingerprint density at radius 2 is 1.65 bits per heavy atom. The van der Waals surface area contributed by atoms with Crippen LogP contribution in [0.4, 0.5) is 0 Å². The average Bonchev–Trinajstić information content (AvgIpc) is 2.60. The molecule has 0 aliphatic rings. The number of benzene rings is 3. The first-order valence-electron chi connectivity index (χ1n) is 7.30. The third-order valence-corrected chi connectivity index (χ3v) is 3.88. The lowest BCUT2D eigenvalue weighted by Gasteiger charge is -2.08. The predicted octanol–water partition coefficient (Wildman–Crippen LogP) is 5.54. The summed E-state index contributed by atoms with van der Waals surface area (Å²) in [5.41, 5.74) is 4.30. The lowest BCUT2D eigenvalue weighted by molar-refractivity contribution is 0.132. The first kappa shape index (κ1) is 15.5. The van der Waals surface area contributed by atoms with Gasteiger partial charge in [-0.15, -0.1) is 0 Å². The average molecular weight is 365 g/mol. The van der Waals surface area contributed by atoms with E-state index in [0.29, 0.717) is 6.61 Å². The van der Waals surface area contributed by atoms with Gasteiger partial charge in [-0.25, -0.2) is 0 Å². The van der Waals surface area contributed by atoms with Crippen LogP contribution in [0.3, 0.4) is 0 Å². The highest BCUT2D eigenvalue weighted by Gasteiger charge is 2.04. The molecule has 113 valence electrons. The Bertz CT molecular complexity index is 800. The van der Waals surface area contributed by atoms with E-state index in [1.807, 2.05) is 54.6 Å². The van der Waals surface area contributed by atoms with Gasteiger partial charge in [-0.05, 0) is 28.8 Å². The summed E-state index contributed by atoms with van der Waals surface area (Å²) in [6.07, 6.45) is 2.89. The molecule has 0 amide bonds. The molecule has 0 saturated carbocycles. The lowest BCUT2D eigenvalue weighted by Crippen LogP contribution is -1.92. The molecule has 3 heteroatoms. The predicted molar refractivity (Wildman–Crippen MR) is 97.3 cm³/mol. The highest BCUT2D eigenvalue weighted by atomic mass is 79.9. The molecular formula is C20H15BrNO. The van der Waals surface area contributed by atoms with Crippen molar-refractivity contribution in [1.82, 2.24) is 0 Å². The summed E-state index contributed by atoms with van der Waals surface area (Å²) in [4.78, 5) is 5.42. The van der Waals surface area contributed by atoms with Gasteiger partial charge in [-0.3, -0.25) is 0 Å². The van der Waals surface area contributed by atoms with Crippen molar-refractivity contribution in [3.8, 4) is 11.1 Å². The second kappa shape index (κ2) is 7.75. The van der Waals surface area contributed by atoms with E-state index in [2.05, 4.69) is 51.6 Å². The molecule has 2 nitrogen and oxygen atoms in total. The fraction of sp³-hybridized carbons (Fsp3) is 0.0500. The van der Waals surface area contributed by atoms with Crippen LogP contribution in [0.15, 0.2) is 88.5 Å². The number of hydrogen-bond donors (Lipinski definition) is 0. The van der Waals surface area contributed by atoms with Gasteiger partial charge in [0.1, 0.15) is 12.8 Å². The number of hydrogen-bond acceptors (Lipinski definition) is 2. The minimum absolute atomic E-state index is 0.409. The van der Waals surface area contributed by atoms with E-state index in [1.54, 1.807) is 0 Å². The second-order valence-electron chi connectivity index (χ2n) is 5.01. The van der Waals surface area contributed by atoms with Gasteiger partial charge in [0.2, 0.25) is 0 Å². The Morgan fingerprint density at radius 3 is 2.48 bits per heavy atom. The zero-order valence-corrected chi connectivity index (χ0v) is 14.0. The van der Waals surface area contributed by atoms with Crippen LogP contribution in [0, 0.1) is 0 Å². The van der Waals surface area contributed by atoms with E-state index >= 15 is 0 Å². The first-order valence-corrected chi connectivity index (χ1v) is 8.09. The highest BCUT2D eigenvalue weighted by Crippen LogP contribution is 2.23. The third-order valence-electron chi connectivity index (χ3n) is 3.39. The fourth-order valence-corrected chi connectivity index (χ4v) is 2.69. The highest BCUT2D eigenvalue weighted by molar-refractivity contribution is 9.10. The van der Waals surface area contributed by atoms with Gasteiger partial charge in [0.15, 0.2) is 0 Å². The van der Waals surface area contributed by atoms with Crippen LogP contribution in [0.25, 0.3) is 11.1 Å². The molecular weight excluding hydrogens is 350 g/mol. The van der Waals surface area contributed by atoms with Gasteiger partial charge >= 0.3 is 0 Å². The Labute approximate surface area is 144 Å². The van der Waals surface area contributed by atoms with Gasteiger partial charge in [0.25, 0.3) is 0 Å². The summed E-state index contributed by atoms with van der Waals surface area (Å²) in [6.45, 7) is 0.409. The van der Waals surface area contributed by atoms with Crippen molar-refractivity contribution in [3.63, 3.8) is 0 Å². The molecule has 0 spiro atoms. The van der Waals surface area contributed by atoms with Crippen molar-refractivity contribution in [2.75, 3.05) is 0 Å². The molecule has 0 aromatic heterocycles. The van der Waals surface area contributed by atoms with Crippen molar-refractivity contribution in [2.45, 2.75) is 6.61 Å². The summed E-state index contributed by atoms with van der Waals surface area (Å²) in [6, 6.07) is 26.2. The molecule has 0 aliphatic heterocycles. The molecule has 0 unspecified atom stereocenters. The summed E-state index contributed by atoms with van der Waals surface area (Å²) >= 11 is 3.42. The van der Waals surface area contributed by atoms with Crippen LogP contribution in [0.5, 0.6) is 0 Å². The Balaban J connectivity index is 1.69. The van der Waals surface area contributed by atoms with Crippen LogP contribution in [0.2, 0.25) is 0 Å². The molecule has 3 aromatic rings. The smallest absolute Gasteiger partial charge is 0.142 e. The van der Waals surface area contributed by atoms with E-state index in [4.69, 9.17) is 4.84 Å². The summed E-state index contributed by atoms with van der Waals surface area (Å²) in [5.74, 6) is 0. The lowest BCUT2D eigenvalue weighted by atomic mass is 10.0. The standard InChI is InChI=1S/C20H15BrNO/c21-19-11-6-7-16(13-19)14-22-23-15-18-10-4-5-12-20(18)17-8-2-1-3-9-17/h1-13H,15H2. The molecule has 0 aliphatic carbocycles. The first-order chi connectivity index (χ1) is 11.3. The summed E-state index contributed by atoms with van der Waals surface area (Å²) < 4.78 is 0.993. The van der Waals surface area contributed by atoms with Crippen molar-refractivity contribution in [1.29, 1.82) is 0 Å². The maximum Gasteiger partial charge on any atom is 0.142 e. The van der Waals surface area contributed by atoms with Crippen molar-refractivity contribution in [3.05, 3.63) is 94.5 Å². The minimum Gasteiger partial charge on any atom is -0.390 e. The molecule has 23 heavy (non-hydrogen) atoms. The van der Waals surface area contributed by atoms with E-state index in [9.17, 15) is 0 Å². The molecule has 0 bridgehead atoms. The van der Waals surface area contributed by atoms with Crippen molar-refractivity contribution < 1.29 is 4.84 Å². The fourth-order valence-electron chi connectivity index (χ4n) is 2.29. The van der Waals surface area contributed by atoms with E-state index in [1.165, 1.54) is 5.56 Å². The van der Waals surface area contributed by atoms with Crippen LogP contribution in [0.1, 0.15) is 11.1 Å². The molecule has 1 radical (unpaired) electrons. The Morgan fingerprint density at radius 1 is 0.870 bits per heavy atom. The SMILES string of the molecule is Brc1cccc(/[C]=N/OCc2ccccc2-c2ccccc2)c1. The van der Waals surface area contributed by atoms with Crippen molar-refractivity contribution in [2.24, 2.45) is 5.16 Å². The number of nitrogens with zero attached hydrogens (tertiary/aromatic N) is 1. The zero-order chi connectivity index (χ0) is 15.9. The monoisotopic (exact) mass is 364 g/mol. The number of rotatable bonds is 5. The van der Waals surface area contributed by atoms with Gasteiger partial charge in [0, 0.05) is 10.0 Å². The molecule has 0 N–H and O–H groups in total. The summed E-state index contributed by atoms with van der Waals surface area (Å²) in [5, 5.41) is 3.94. The molecule has 0 heterocycles. The Hall–Kier alpha value is -2.39. The van der Waals surface area contributed by atoms with Crippen LogP contribution in [-0.2, 0) is 11.4 Å². The van der Waals surface area contributed by atoms with Crippen LogP contribution >= 0.6 is 15.9 Å². The molecule has 0 atom stereocenters. The molecule has 0 fully saturated rings. The summed E-state index contributed by atoms with van der Waals surface area (Å²) in [7, 11) is 0. The van der Waals surface area contributed by atoms with Crippen molar-refractivity contribution >= 4 is 22.1 Å². The van der Waals surface area contributed by atoms with E-state index in [-0.39, 0.29) is 0 Å². The molecule has 3 aromatic carbocycles. The van der Waals surface area contributed by atoms with E-state index < -0.39 is 0 Å². The molecule has 3 rings (SSSR count). The maximum atomic E-state index is 5.42. The van der Waals surface area contributed by atoms with E-state index in [0.717, 1.165) is 21.2 Å². The maximum absolute atomic E-state index is 5.42. The topological polar surface area (TPSA) is 21.6 Å². The zero-order valence-electron chi connectivity index (χ0n) is 12.4. The van der Waals surface area contributed by atoms with Gasteiger partial charge in [0.05, 0.1) is 0 Å². The minimum atomic E-state index is 0.409. The third kappa shape index (κ3) is 4.30. The second-order valence-corrected chi connectivity index (χ2v) is 5.93. The van der Waals surface area contributed by atoms with Gasteiger partial charge < -0.3 is 4.84 Å². The largest absolute Gasteiger partial charge is 0.390 e. The quantitative estimate of drug-likeness (QED) is 0.430. The normalized spacial score (nSPS) is 10.8. The van der Waals surface area contributed by atoms with Gasteiger partial charge in [-0.2, -0.15) is 0 Å². The van der Waals surface area contributed by atoms with Gasteiger partial charge in [-0.1, -0.05) is 87.8 Å². The van der Waals surface area contributed by atoms with Crippen LogP contribution < -0.4 is 0 Å². The van der Waals surface area contributed by atoms with Crippen LogP contribution in [-0.4, -0.2) is 6.21 Å². The number of halogens is 1.